The molecule has 2 aromatic rings. The summed E-state index contributed by atoms with van der Waals surface area (Å²) in [4.78, 5) is 22.8. The fraction of sp³-hybridized carbons (Fsp3) is 0.438. The Morgan fingerprint density at radius 3 is 2.73 bits per heavy atom. The van der Waals surface area contributed by atoms with E-state index in [-0.39, 0.29) is 17.9 Å². The van der Waals surface area contributed by atoms with Gasteiger partial charge in [-0.3, -0.25) is 4.79 Å². The Hall–Kier alpha value is -2.21. The van der Waals surface area contributed by atoms with Gasteiger partial charge in [-0.2, -0.15) is 0 Å². The van der Waals surface area contributed by atoms with E-state index in [0.717, 1.165) is 10.9 Å². The minimum absolute atomic E-state index is 0.00277. The summed E-state index contributed by atoms with van der Waals surface area (Å²) in [6.45, 7) is 4.81. The average molecular weight is 300 g/mol. The molecule has 2 N–H and O–H groups in total. The van der Waals surface area contributed by atoms with E-state index >= 15 is 0 Å². The molecular weight excluding hydrogens is 280 g/mol. The zero-order chi connectivity index (χ0) is 15.7. The summed E-state index contributed by atoms with van der Waals surface area (Å²) in [6.07, 6.45) is 1.11. The smallest absolute Gasteiger partial charge is 0.245 e. The minimum Gasteiger partial charge on any atom is -0.389 e. The van der Waals surface area contributed by atoms with E-state index in [1.807, 2.05) is 38.1 Å². The van der Waals surface area contributed by atoms with Crippen LogP contribution in [0.3, 0.4) is 0 Å². The molecule has 6 heteroatoms. The molecule has 22 heavy (non-hydrogen) atoms. The molecule has 1 saturated heterocycles. The summed E-state index contributed by atoms with van der Waals surface area (Å²) in [5, 5.41) is 13.5. The zero-order valence-electron chi connectivity index (χ0n) is 12.7. The van der Waals surface area contributed by atoms with Crippen molar-refractivity contribution in [3.63, 3.8) is 0 Å². The number of nitrogens with zero attached hydrogens (tertiary/aromatic N) is 3. The molecule has 6 nitrogen and oxygen atoms in total. The first-order valence-corrected chi connectivity index (χ1v) is 7.49. The highest BCUT2D eigenvalue weighted by molar-refractivity contribution is 5.92. The number of likely N-dealkylation sites (tertiary alicyclic amines) is 1. The summed E-state index contributed by atoms with van der Waals surface area (Å²) in [6, 6.07) is 7.33. The number of anilines is 1. The van der Waals surface area contributed by atoms with Crippen molar-refractivity contribution in [2.75, 3.05) is 18.4 Å². The fourth-order valence-electron chi connectivity index (χ4n) is 2.61. The second-order valence-corrected chi connectivity index (χ2v) is 6.00. The van der Waals surface area contributed by atoms with Gasteiger partial charge in [0.15, 0.2) is 0 Å². The van der Waals surface area contributed by atoms with Crippen LogP contribution in [0.15, 0.2) is 30.6 Å². The van der Waals surface area contributed by atoms with E-state index in [0.29, 0.717) is 18.9 Å². The molecular formula is C16H20N4O2. The van der Waals surface area contributed by atoms with Crippen LogP contribution >= 0.6 is 0 Å². The fourth-order valence-corrected chi connectivity index (χ4v) is 2.61. The third-order valence-electron chi connectivity index (χ3n) is 3.94. The molecule has 1 aliphatic heterocycles. The van der Waals surface area contributed by atoms with Crippen molar-refractivity contribution >= 4 is 22.6 Å². The number of rotatable bonds is 4. The van der Waals surface area contributed by atoms with Gasteiger partial charge >= 0.3 is 0 Å². The molecule has 1 unspecified atom stereocenters. The van der Waals surface area contributed by atoms with Gasteiger partial charge in [-0.15, -0.1) is 0 Å². The molecule has 1 amide bonds. The van der Waals surface area contributed by atoms with Crippen molar-refractivity contribution in [2.45, 2.75) is 26.0 Å². The number of carbonyl (C=O) groups excluding carboxylic acids is 1. The molecule has 1 aliphatic rings. The maximum absolute atomic E-state index is 12.6. The Balaban J connectivity index is 1.85. The van der Waals surface area contributed by atoms with Crippen molar-refractivity contribution < 1.29 is 9.90 Å². The Bertz CT molecular complexity index is 677. The van der Waals surface area contributed by atoms with Crippen LogP contribution in [-0.2, 0) is 4.79 Å². The number of benzene rings is 1. The molecule has 2 heterocycles. The second-order valence-electron chi connectivity index (χ2n) is 6.00. The Kier molecular flexibility index (Phi) is 3.94. The monoisotopic (exact) mass is 300 g/mol. The number of carbonyl (C=O) groups is 1. The summed E-state index contributed by atoms with van der Waals surface area (Å²) in [5.74, 6) is 0.778. The molecule has 0 bridgehead atoms. The quantitative estimate of drug-likeness (QED) is 0.889. The molecule has 1 aromatic carbocycles. The molecule has 0 saturated carbocycles. The number of β-amino-alcohol motifs (C(OH)–C–C–N with tert-alkyl or cyclic N) is 1. The highest BCUT2D eigenvalue weighted by atomic mass is 16.3. The summed E-state index contributed by atoms with van der Waals surface area (Å²) in [7, 11) is 0. The molecule has 0 radical (unpaired) electrons. The van der Waals surface area contributed by atoms with Crippen LogP contribution in [-0.4, -0.2) is 51.1 Å². The Labute approximate surface area is 129 Å². The van der Waals surface area contributed by atoms with E-state index in [9.17, 15) is 9.90 Å². The molecule has 1 aromatic heterocycles. The van der Waals surface area contributed by atoms with Crippen LogP contribution in [0.2, 0.25) is 0 Å². The second kappa shape index (κ2) is 5.88. The highest BCUT2D eigenvalue weighted by Crippen LogP contribution is 2.22. The minimum atomic E-state index is -0.392. The molecule has 0 spiro atoms. The third kappa shape index (κ3) is 2.74. The zero-order valence-corrected chi connectivity index (χ0v) is 12.7. The van der Waals surface area contributed by atoms with Gasteiger partial charge in [-0.05, 0) is 18.1 Å². The van der Waals surface area contributed by atoms with Crippen molar-refractivity contribution in [3.05, 3.63) is 30.6 Å². The Morgan fingerprint density at radius 2 is 2.05 bits per heavy atom. The summed E-state index contributed by atoms with van der Waals surface area (Å²) >= 11 is 0. The van der Waals surface area contributed by atoms with Crippen LogP contribution < -0.4 is 5.32 Å². The van der Waals surface area contributed by atoms with Crippen LogP contribution in [0.5, 0.6) is 0 Å². The van der Waals surface area contributed by atoms with E-state index in [1.165, 1.54) is 6.33 Å². The lowest BCUT2D eigenvalue weighted by atomic mass is 10.00. The van der Waals surface area contributed by atoms with E-state index in [1.54, 1.807) is 4.90 Å². The van der Waals surface area contributed by atoms with Gasteiger partial charge < -0.3 is 15.3 Å². The molecule has 1 atom stereocenters. The number of fused-ring (bicyclic) bond motifs is 1. The van der Waals surface area contributed by atoms with Crippen molar-refractivity contribution in [3.8, 4) is 0 Å². The van der Waals surface area contributed by atoms with Gasteiger partial charge in [-0.25, -0.2) is 9.97 Å². The van der Waals surface area contributed by atoms with Gasteiger partial charge in [0, 0.05) is 18.5 Å². The van der Waals surface area contributed by atoms with Gasteiger partial charge in [-0.1, -0.05) is 26.0 Å². The van der Waals surface area contributed by atoms with Gasteiger partial charge in [0.25, 0.3) is 0 Å². The molecule has 3 rings (SSSR count). The van der Waals surface area contributed by atoms with Gasteiger partial charge in [0.2, 0.25) is 5.91 Å². The maximum Gasteiger partial charge on any atom is 0.245 e. The highest BCUT2D eigenvalue weighted by Gasteiger charge is 2.35. The number of aliphatic hydroxyl groups is 1. The normalized spacial score (nSPS) is 16.6. The van der Waals surface area contributed by atoms with Gasteiger partial charge in [0.05, 0.1) is 11.6 Å². The SMILES string of the molecule is CC(C)C(Nc1ncnc2ccccc12)C(=O)N1CC(O)C1. The Morgan fingerprint density at radius 1 is 1.32 bits per heavy atom. The molecule has 116 valence electrons. The predicted molar refractivity (Wildman–Crippen MR) is 84.4 cm³/mol. The lowest BCUT2D eigenvalue weighted by molar-refractivity contribution is -0.143. The van der Waals surface area contributed by atoms with Crippen molar-refractivity contribution in [1.29, 1.82) is 0 Å². The van der Waals surface area contributed by atoms with Crippen LogP contribution in [0.1, 0.15) is 13.8 Å². The topological polar surface area (TPSA) is 78.4 Å². The number of aromatic nitrogens is 2. The third-order valence-corrected chi connectivity index (χ3v) is 3.94. The predicted octanol–water partition coefficient (Wildman–Crippen LogP) is 1.27. The summed E-state index contributed by atoms with van der Waals surface area (Å²) < 4.78 is 0. The first-order chi connectivity index (χ1) is 10.6. The first kappa shape index (κ1) is 14.7. The average Bonchev–Trinajstić information content (AvgIpc) is 2.48. The number of amides is 1. The number of aliphatic hydroxyl groups excluding tert-OH is 1. The first-order valence-electron chi connectivity index (χ1n) is 7.49. The van der Waals surface area contributed by atoms with E-state index in [2.05, 4.69) is 15.3 Å². The van der Waals surface area contributed by atoms with E-state index in [4.69, 9.17) is 0 Å². The molecule has 0 aliphatic carbocycles. The maximum atomic E-state index is 12.6. The summed E-state index contributed by atoms with van der Waals surface area (Å²) in [5.41, 5.74) is 0.842. The van der Waals surface area contributed by atoms with Crippen LogP contribution in [0, 0.1) is 5.92 Å². The number of hydrogen-bond donors (Lipinski definition) is 2. The van der Waals surface area contributed by atoms with Crippen LogP contribution in [0.25, 0.3) is 10.9 Å². The largest absolute Gasteiger partial charge is 0.389 e. The lowest BCUT2D eigenvalue weighted by Gasteiger charge is -2.39. The molecule has 1 fully saturated rings. The number of para-hydroxylation sites is 1. The van der Waals surface area contributed by atoms with Crippen LogP contribution in [0.4, 0.5) is 5.82 Å². The lowest BCUT2D eigenvalue weighted by Crippen LogP contribution is -2.58. The standard InChI is InChI=1S/C16H20N4O2/c1-10(2)14(16(22)20-7-11(21)8-20)19-15-12-5-3-4-6-13(12)17-9-18-15/h3-6,9-11,14,21H,7-8H2,1-2H3,(H,17,18,19). The van der Waals surface area contributed by atoms with Gasteiger partial charge in [0.1, 0.15) is 18.2 Å². The number of hydrogen-bond acceptors (Lipinski definition) is 5. The van der Waals surface area contributed by atoms with Crippen molar-refractivity contribution in [1.82, 2.24) is 14.9 Å². The van der Waals surface area contributed by atoms with E-state index < -0.39 is 6.10 Å². The van der Waals surface area contributed by atoms with Crippen molar-refractivity contribution in [2.24, 2.45) is 5.92 Å². The number of nitrogens with one attached hydrogen (secondary N) is 1.